The molecule has 1 spiro atoms. The number of benzene rings is 1. The number of fused-ring (bicyclic) bond motifs is 2. The molecule has 6 heteroatoms. The molecule has 0 radical (unpaired) electrons. The minimum atomic E-state index is -0.162. The second-order valence-electron chi connectivity index (χ2n) is 10.1. The number of amides is 2. The summed E-state index contributed by atoms with van der Waals surface area (Å²) in [5.74, 6) is 0.0720. The molecule has 0 aromatic heterocycles. The van der Waals surface area contributed by atoms with Gasteiger partial charge in [0.1, 0.15) is 0 Å². The van der Waals surface area contributed by atoms with Gasteiger partial charge in [-0.2, -0.15) is 0 Å². The molecule has 0 unspecified atom stereocenters. The monoisotopic (exact) mass is 467 g/mol. The Morgan fingerprint density at radius 2 is 1.74 bits per heavy atom. The molecule has 2 amide bonds. The van der Waals surface area contributed by atoms with Crippen LogP contribution in [-0.4, -0.2) is 66.7 Å². The highest BCUT2D eigenvalue weighted by atomic mass is 16.6. The maximum Gasteiger partial charge on any atom is 0.409 e. The van der Waals surface area contributed by atoms with Crippen molar-refractivity contribution in [2.75, 3.05) is 32.8 Å². The molecule has 1 N–H and O–H groups in total. The van der Waals surface area contributed by atoms with Crippen molar-refractivity contribution in [3.8, 4) is 0 Å². The Morgan fingerprint density at radius 1 is 1.06 bits per heavy atom. The van der Waals surface area contributed by atoms with Crippen LogP contribution in [0.25, 0.3) is 5.57 Å². The Morgan fingerprint density at radius 3 is 2.38 bits per heavy atom. The Hall–Kier alpha value is -2.34. The summed E-state index contributed by atoms with van der Waals surface area (Å²) in [7, 11) is 0. The van der Waals surface area contributed by atoms with Gasteiger partial charge in [-0.15, -0.1) is 0 Å². The van der Waals surface area contributed by atoms with E-state index in [9.17, 15) is 9.59 Å². The van der Waals surface area contributed by atoms with Gasteiger partial charge < -0.3 is 19.9 Å². The second kappa shape index (κ2) is 10.9. The number of nitrogens with zero attached hydrogens (tertiary/aromatic N) is 2. The number of nitrogens with one attached hydrogen (secondary N) is 1. The van der Waals surface area contributed by atoms with E-state index in [2.05, 4.69) is 48.3 Å². The average molecular weight is 468 g/mol. The first-order valence-electron chi connectivity index (χ1n) is 13.3. The third kappa shape index (κ3) is 5.02. The second-order valence-corrected chi connectivity index (χ2v) is 10.1. The normalized spacial score (nSPS) is 20.4. The van der Waals surface area contributed by atoms with Gasteiger partial charge in [0.15, 0.2) is 0 Å². The van der Waals surface area contributed by atoms with Crippen molar-refractivity contribution < 1.29 is 14.3 Å². The molecule has 186 valence electrons. The highest BCUT2D eigenvalue weighted by Crippen LogP contribution is 2.47. The zero-order valence-electron chi connectivity index (χ0n) is 21.1. The molecular formula is C28H41N3O3. The van der Waals surface area contributed by atoms with Crippen molar-refractivity contribution in [2.24, 2.45) is 0 Å². The van der Waals surface area contributed by atoms with E-state index >= 15 is 0 Å². The summed E-state index contributed by atoms with van der Waals surface area (Å²) in [4.78, 5) is 29.8. The largest absolute Gasteiger partial charge is 0.449 e. The lowest BCUT2D eigenvalue weighted by molar-refractivity contribution is -0.116. The third-order valence-corrected chi connectivity index (χ3v) is 8.10. The summed E-state index contributed by atoms with van der Waals surface area (Å²) >= 11 is 0. The number of likely N-dealkylation sites (tertiary alicyclic amines) is 2. The van der Waals surface area contributed by atoms with Gasteiger partial charge in [0.05, 0.1) is 6.61 Å². The van der Waals surface area contributed by atoms with Gasteiger partial charge in [-0.05, 0) is 69.2 Å². The minimum Gasteiger partial charge on any atom is -0.449 e. The fourth-order valence-electron chi connectivity index (χ4n) is 5.92. The molecule has 6 nitrogen and oxygen atoms in total. The summed E-state index contributed by atoms with van der Waals surface area (Å²) in [5, 5.41) is 3.25. The number of allylic oxidation sites excluding steroid dienone is 1. The standard InChI is InChI=1S/C28H41N3O3/c1-4-19-34-27(33)31-15-11-22(12-16-31)30-17-13-28(14-18-30)20-24(23-9-7-8-10-25(23)28)26(32)29-21(5-2)6-3/h7-10,20-22H,4-6,11-19H2,1-3H3,(H,29,32). The highest BCUT2D eigenvalue weighted by molar-refractivity contribution is 6.21. The molecule has 0 saturated carbocycles. The lowest BCUT2D eigenvalue weighted by Gasteiger charge is -2.44. The quantitative estimate of drug-likeness (QED) is 0.630. The van der Waals surface area contributed by atoms with E-state index in [1.54, 1.807) is 0 Å². The predicted octanol–water partition coefficient (Wildman–Crippen LogP) is 4.73. The van der Waals surface area contributed by atoms with Crippen LogP contribution >= 0.6 is 0 Å². The van der Waals surface area contributed by atoms with Gasteiger partial charge in [0.2, 0.25) is 0 Å². The summed E-state index contributed by atoms with van der Waals surface area (Å²) in [6, 6.07) is 9.23. The molecule has 2 fully saturated rings. The molecule has 4 rings (SSSR count). The lowest BCUT2D eigenvalue weighted by atomic mass is 9.74. The first kappa shape index (κ1) is 24.8. The Bertz CT molecular complexity index is 892. The molecule has 1 aromatic carbocycles. The van der Waals surface area contributed by atoms with E-state index < -0.39 is 0 Å². The van der Waals surface area contributed by atoms with Gasteiger partial charge in [-0.1, -0.05) is 51.1 Å². The fourth-order valence-corrected chi connectivity index (χ4v) is 5.92. The number of piperidine rings is 2. The summed E-state index contributed by atoms with van der Waals surface area (Å²) < 4.78 is 5.31. The number of hydrogen-bond acceptors (Lipinski definition) is 4. The highest BCUT2D eigenvalue weighted by Gasteiger charge is 2.43. The van der Waals surface area contributed by atoms with Crippen LogP contribution in [0.15, 0.2) is 30.3 Å². The summed E-state index contributed by atoms with van der Waals surface area (Å²) in [5.41, 5.74) is 3.24. The number of carbonyl (C=O) groups excluding carboxylic acids is 2. The molecular weight excluding hydrogens is 426 g/mol. The van der Waals surface area contributed by atoms with E-state index in [1.165, 1.54) is 5.56 Å². The first-order valence-corrected chi connectivity index (χ1v) is 13.3. The molecule has 2 saturated heterocycles. The Kier molecular flexibility index (Phi) is 7.97. The van der Waals surface area contributed by atoms with Crippen LogP contribution < -0.4 is 5.32 Å². The van der Waals surface area contributed by atoms with Crippen molar-refractivity contribution >= 4 is 17.6 Å². The van der Waals surface area contributed by atoms with Crippen LogP contribution in [0.1, 0.15) is 76.8 Å². The topological polar surface area (TPSA) is 61.9 Å². The molecule has 0 atom stereocenters. The van der Waals surface area contributed by atoms with E-state index in [0.717, 1.165) is 82.3 Å². The third-order valence-electron chi connectivity index (χ3n) is 8.10. The van der Waals surface area contributed by atoms with E-state index in [-0.39, 0.29) is 23.5 Å². The minimum absolute atomic E-state index is 0.0433. The molecule has 0 bridgehead atoms. The van der Waals surface area contributed by atoms with Crippen molar-refractivity contribution in [3.05, 3.63) is 41.5 Å². The zero-order chi connectivity index (χ0) is 24.1. The van der Waals surface area contributed by atoms with Crippen molar-refractivity contribution in [3.63, 3.8) is 0 Å². The van der Waals surface area contributed by atoms with Crippen molar-refractivity contribution in [2.45, 2.75) is 83.2 Å². The maximum absolute atomic E-state index is 13.2. The van der Waals surface area contributed by atoms with Crippen LogP contribution in [0.2, 0.25) is 0 Å². The fraction of sp³-hybridized carbons (Fsp3) is 0.643. The summed E-state index contributed by atoms with van der Waals surface area (Å²) in [6.45, 7) is 10.4. The van der Waals surface area contributed by atoms with Crippen LogP contribution in [-0.2, 0) is 14.9 Å². The van der Waals surface area contributed by atoms with Gasteiger partial charge in [0, 0.05) is 36.2 Å². The van der Waals surface area contributed by atoms with Gasteiger partial charge >= 0.3 is 6.09 Å². The van der Waals surface area contributed by atoms with Gasteiger partial charge in [-0.3, -0.25) is 4.79 Å². The first-order chi connectivity index (χ1) is 16.5. The van der Waals surface area contributed by atoms with E-state index in [1.807, 2.05) is 17.9 Å². The Labute approximate surface area is 204 Å². The van der Waals surface area contributed by atoms with Crippen molar-refractivity contribution in [1.82, 2.24) is 15.1 Å². The SMILES string of the molecule is CCCOC(=O)N1CCC(N2CCC3(C=C(C(=O)NC(CC)CC)c4ccccc43)CC2)CC1. The molecule has 1 aliphatic carbocycles. The lowest BCUT2D eigenvalue weighted by Crippen LogP contribution is -2.51. The van der Waals surface area contributed by atoms with Crippen LogP contribution in [0.3, 0.4) is 0 Å². The molecule has 34 heavy (non-hydrogen) atoms. The summed E-state index contributed by atoms with van der Waals surface area (Å²) in [6.07, 6.45) is 8.95. The van der Waals surface area contributed by atoms with E-state index in [4.69, 9.17) is 4.74 Å². The molecule has 1 aromatic rings. The van der Waals surface area contributed by atoms with Gasteiger partial charge in [-0.25, -0.2) is 4.79 Å². The van der Waals surface area contributed by atoms with Crippen LogP contribution in [0, 0.1) is 0 Å². The number of hydrogen-bond donors (Lipinski definition) is 1. The van der Waals surface area contributed by atoms with Crippen LogP contribution in [0.4, 0.5) is 4.79 Å². The zero-order valence-corrected chi connectivity index (χ0v) is 21.1. The van der Waals surface area contributed by atoms with E-state index in [0.29, 0.717) is 12.6 Å². The molecule has 2 aliphatic heterocycles. The maximum atomic E-state index is 13.2. The molecule has 2 heterocycles. The number of ether oxygens (including phenoxy) is 1. The van der Waals surface area contributed by atoms with Gasteiger partial charge in [0.25, 0.3) is 5.91 Å². The van der Waals surface area contributed by atoms with Crippen molar-refractivity contribution in [1.29, 1.82) is 0 Å². The smallest absolute Gasteiger partial charge is 0.409 e. The number of carbonyl (C=O) groups is 2. The van der Waals surface area contributed by atoms with Crippen LogP contribution in [0.5, 0.6) is 0 Å². The predicted molar refractivity (Wildman–Crippen MR) is 136 cm³/mol. The average Bonchev–Trinajstić information content (AvgIpc) is 3.20. The Balaban J connectivity index is 1.40. The number of rotatable bonds is 7. The molecule has 3 aliphatic rings.